The fourth-order valence-corrected chi connectivity index (χ4v) is 3.95. The fourth-order valence-electron chi connectivity index (χ4n) is 3.95. The molecule has 0 fully saturated rings. The van der Waals surface area contributed by atoms with E-state index in [0.29, 0.717) is 50.0 Å². The Morgan fingerprint density at radius 1 is 0.970 bits per heavy atom. The second-order valence-electron chi connectivity index (χ2n) is 7.49. The standard InChI is InChI=1S/C25H32N2O6/c1-5-31-19-10-8-18(9-11-19)26-25(29)27-13-12-17-14-22(32-6-2)23(33-7-3)15-20(17)21(27)16-24(28)30-4/h8-11,14-15,21H,5-7,12-13,16H2,1-4H3,(H,26,29)/t21-/m1/s1. The fraction of sp³-hybridized carbons (Fsp3) is 0.440. The van der Waals surface area contributed by atoms with E-state index in [4.69, 9.17) is 18.9 Å². The molecule has 178 valence electrons. The molecule has 2 aromatic carbocycles. The van der Waals surface area contributed by atoms with E-state index in [2.05, 4.69) is 5.32 Å². The molecule has 8 heteroatoms. The van der Waals surface area contributed by atoms with Crippen molar-refractivity contribution in [2.24, 2.45) is 0 Å². The average Bonchev–Trinajstić information content (AvgIpc) is 2.81. The van der Waals surface area contributed by atoms with Crippen molar-refractivity contribution in [3.05, 3.63) is 47.5 Å². The quantitative estimate of drug-likeness (QED) is 0.556. The highest BCUT2D eigenvalue weighted by molar-refractivity contribution is 5.90. The molecular formula is C25H32N2O6. The molecule has 1 aliphatic rings. The number of methoxy groups -OCH3 is 1. The van der Waals surface area contributed by atoms with Gasteiger partial charge in [0.1, 0.15) is 5.75 Å². The highest BCUT2D eigenvalue weighted by Gasteiger charge is 2.34. The predicted molar refractivity (Wildman–Crippen MR) is 125 cm³/mol. The van der Waals surface area contributed by atoms with E-state index in [-0.39, 0.29) is 12.5 Å². The van der Waals surface area contributed by atoms with Crippen molar-refractivity contribution >= 4 is 17.7 Å². The molecule has 0 spiro atoms. The molecule has 1 aliphatic heterocycles. The van der Waals surface area contributed by atoms with Crippen LogP contribution >= 0.6 is 0 Å². The van der Waals surface area contributed by atoms with Crippen LogP contribution in [0.25, 0.3) is 0 Å². The van der Waals surface area contributed by atoms with Gasteiger partial charge in [-0.2, -0.15) is 0 Å². The summed E-state index contributed by atoms with van der Waals surface area (Å²) >= 11 is 0. The van der Waals surface area contributed by atoms with Crippen LogP contribution in [0, 0.1) is 0 Å². The lowest BCUT2D eigenvalue weighted by atomic mass is 9.90. The number of anilines is 1. The molecule has 0 saturated heterocycles. The van der Waals surface area contributed by atoms with Crippen LogP contribution in [0.5, 0.6) is 17.2 Å². The van der Waals surface area contributed by atoms with E-state index < -0.39 is 12.0 Å². The normalized spacial score (nSPS) is 14.8. The largest absolute Gasteiger partial charge is 0.494 e. The summed E-state index contributed by atoms with van der Waals surface area (Å²) in [7, 11) is 1.35. The van der Waals surface area contributed by atoms with Crippen molar-refractivity contribution in [2.45, 2.75) is 39.7 Å². The van der Waals surface area contributed by atoms with Gasteiger partial charge >= 0.3 is 12.0 Å². The van der Waals surface area contributed by atoms with Gasteiger partial charge in [-0.3, -0.25) is 4.79 Å². The SMILES string of the molecule is CCOc1ccc(NC(=O)N2CCc3cc(OCC)c(OCC)cc3[C@H]2CC(=O)OC)cc1. The van der Waals surface area contributed by atoms with Gasteiger partial charge < -0.3 is 29.2 Å². The third-order valence-electron chi connectivity index (χ3n) is 5.43. The van der Waals surface area contributed by atoms with Gasteiger partial charge in [0.25, 0.3) is 0 Å². The number of benzene rings is 2. The molecule has 0 aromatic heterocycles. The monoisotopic (exact) mass is 456 g/mol. The van der Waals surface area contributed by atoms with Crippen molar-refractivity contribution < 1.29 is 28.5 Å². The number of fused-ring (bicyclic) bond motifs is 1. The van der Waals surface area contributed by atoms with Crippen molar-refractivity contribution in [1.29, 1.82) is 0 Å². The smallest absolute Gasteiger partial charge is 0.322 e. The highest BCUT2D eigenvalue weighted by Crippen LogP contribution is 2.40. The Labute approximate surface area is 194 Å². The number of urea groups is 1. The molecular weight excluding hydrogens is 424 g/mol. The molecule has 3 rings (SSSR count). The Morgan fingerprint density at radius 3 is 2.21 bits per heavy atom. The zero-order valence-corrected chi connectivity index (χ0v) is 19.7. The maximum atomic E-state index is 13.2. The maximum Gasteiger partial charge on any atom is 0.322 e. The summed E-state index contributed by atoms with van der Waals surface area (Å²) in [5.41, 5.74) is 2.54. The summed E-state index contributed by atoms with van der Waals surface area (Å²) in [6.07, 6.45) is 0.677. The van der Waals surface area contributed by atoms with Crippen molar-refractivity contribution in [2.75, 3.05) is 38.8 Å². The number of carbonyl (C=O) groups is 2. The Morgan fingerprint density at radius 2 is 1.61 bits per heavy atom. The van der Waals surface area contributed by atoms with Crippen molar-refractivity contribution in [1.82, 2.24) is 4.90 Å². The summed E-state index contributed by atoms with van der Waals surface area (Å²) in [6, 6.07) is 10.3. The second kappa shape index (κ2) is 11.4. The third-order valence-corrected chi connectivity index (χ3v) is 5.43. The minimum absolute atomic E-state index is 0.0414. The van der Waals surface area contributed by atoms with Crippen molar-refractivity contribution in [3.63, 3.8) is 0 Å². The first-order chi connectivity index (χ1) is 16.0. The lowest BCUT2D eigenvalue weighted by Gasteiger charge is -2.37. The molecule has 33 heavy (non-hydrogen) atoms. The van der Waals surface area contributed by atoms with Crippen LogP contribution in [-0.4, -0.2) is 50.4 Å². The Hall–Kier alpha value is -3.42. The molecule has 2 amide bonds. The first-order valence-corrected chi connectivity index (χ1v) is 11.3. The Balaban J connectivity index is 1.90. The van der Waals surface area contributed by atoms with E-state index in [9.17, 15) is 9.59 Å². The van der Waals surface area contributed by atoms with Gasteiger partial charge in [-0.1, -0.05) is 0 Å². The number of rotatable bonds is 9. The van der Waals surface area contributed by atoms with Crippen LogP contribution in [0.4, 0.5) is 10.5 Å². The van der Waals surface area contributed by atoms with Crippen LogP contribution in [0.1, 0.15) is 44.4 Å². The Kier molecular flexibility index (Phi) is 8.40. The average molecular weight is 457 g/mol. The number of amides is 2. The zero-order valence-electron chi connectivity index (χ0n) is 19.7. The van der Waals surface area contributed by atoms with Crippen LogP contribution in [0.2, 0.25) is 0 Å². The molecule has 8 nitrogen and oxygen atoms in total. The minimum atomic E-state index is -0.487. The molecule has 2 aromatic rings. The number of hydrogen-bond acceptors (Lipinski definition) is 6. The van der Waals surface area contributed by atoms with Gasteiger partial charge in [0, 0.05) is 12.2 Å². The van der Waals surface area contributed by atoms with Crippen LogP contribution in [0.15, 0.2) is 36.4 Å². The molecule has 1 atom stereocenters. The summed E-state index contributed by atoms with van der Waals surface area (Å²) in [5, 5.41) is 2.93. The molecule has 0 unspecified atom stereocenters. The topological polar surface area (TPSA) is 86.3 Å². The predicted octanol–water partition coefficient (Wildman–Crippen LogP) is 4.58. The third kappa shape index (κ3) is 5.88. The van der Waals surface area contributed by atoms with Crippen LogP contribution in [0.3, 0.4) is 0 Å². The van der Waals surface area contributed by atoms with E-state index in [1.165, 1.54) is 7.11 Å². The molecule has 1 N–H and O–H groups in total. The lowest BCUT2D eigenvalue weighted by Crippen LogP contribution is -2.43. The van der Waals surface area contributed by atoms with Gasteiger partial charge in [-0.15, -0.1) is 0 Å². The van der Waals surface area contributed by atoms with Gasteiger partial charge in [-0.05, 0) is 74.7 Å². The lowest BCUT2D eigenvalue weighted by molar-refractivity contribution is -0.141. The van der Waals surface area contributed by atoms with Gasteiger partial charge in [0.15, 0.2) is 11.5 Å². The van der Waals surface area contributed by atoms with Gasteiger partial charge in [-0.25, -0.2) is 4.79 Å². The first kappa shape index (κ1) is 24.2. The number of nitrogens with zero attached hydrogens (tertiary/aromatic N) is 1. The number of ether oxygens (including phenoxy) is 4. The summed E-state index contributed by atoms with van der Waals surface area (Å²) in [6.45, 7) is 7.75. The van der Waals surface area contributed by atoms with Crippen molar-refractivity contribution in [3.8, 4) is 17.2 Å². The summed E-state index contributed by atoms with van der Waals surface area (Å²) in [5.74, 6) is 1.61. The second-order valence-corrected chi connectivity index (χ2v) is 7.49. The van der Waals surface area contributed by atoms with E-state index in [1.54, 1.807) is 29.2 Å². The number of nitrogens with one attached hydrogen (secondary N) is 1. The van der Waals surface area contributed by atoms with Gasteiger partial charge in [0.2, 0.25) is 0 Å². The van der Waals surface area contributed by atoms with Crippen LogP contribution in [-0.2, 0) is 16.0 Å². The maximum absolute atomic E-state index is 13.2. The van der Waals surface area contributed by atoms with Crippen LogP contribution < -0.4 is 19.5 Å². The zero-order chi connectivity index (χ0) is 23.8. The van der Waals surface area contributed by atoms with Gasteiger partial charge in [0.05, 0.1) is 39.4 Å². The number of esters is 1. The van der Waals surface area contributed by atoms with E-state index >= 15 is 0 Å². The number of carbonyl (C=O) groups excluding carboxylic acids is 2. The number of hydrogen-bond donors (Lipinski definition) is 1. The molecule has 0 aliphatic carbocycles. The minimum Gasteiger partial charge on any atom is -0.494 e. The molecule has 0 saturated carbocycles. The van der Waals surface area contributed by atoms with E-state index in [1.807, 2.05) is 32.9 Å². The highest BCUT2D eigenvalue weighted by atomic mass is 16.5. The first-order valence-electron chi connectivity index (χ1n) is 11.3. The molecule has 0 bridgehead atoms. The molecule has 0 radical (unpaired) electrons. The molecule has 1 heterocycles. The van der Waals surface area contributed by atoms with E-state index in [0.717, 1.165) is 16.9 Å². The summed E-state index contributed by atoms with van der Waals surface area (Å²) < 4.78 is 21.9. The Bertz CT molecular complexity index is 960. The summed E-state index contributed by atoms with van der Waals surface area (Å²) in [4.78, 5) is 27.1.